The zero-order valence-electron chi connectivity index (χ0n) is 11.0. The van der Waals surface area contributed by atoms with Gasteiger partial charge in [0.2, 0.25) is 0 Å². The van der Waals surface area contributed by atoms with E-state index in [1.807, 2.05) is 31.2 Å². The van der Waals surface area contributed by atoms with Crippen LogP contribution in [0.3, 0.4) is 0 Å². The number of anilines is 1. The maximum Gasteiger partial charge on any atom is 0.167 e. The molecule has 20 heavy (non-hydrogen) atoms. The fourth-order valence-corrected chi connectivity index (χ4v) is 2.74. The molecule has 0 aromatic heterocycles. The van der Waals surface area contributed by atoms with E-state index in [9.17, 15) is 4.39 Å². The third kappa shape index (κ3) is 3.81. The van der Waals surface area contributed by atoms with Gasteiger partial charge in [-0.2, -0.15) is 0 Å². The first-order valence-corrected chi connectivity index (χ1v) is 7.55. The monoisotopic (exact) mass is 311 g/mol. The Morgan fingerprint density at radius 2 is 1.95 bits per heavy atom. The number of benzene rings is 2. The zero-order chi connectivity index (χ0) is 14.5. The molecule has 2 N–H and O–H groups in total. The van der Waals surface area contributed by atoms with Crippen LogP contribution in [0.2, 0.25) is 5.02 Å². The summed E-state index contributed by atoms with van der Waals surface area (Å²) < 4.78 is 18.8. The number of hydrogen-bond donors (Lipinski definition) is 1. The zero-order valence-corrected chi connectivity index (χ0v) is 12.6. The summed E-state index contributed by atoms with van der Waals surface area (Å²) in [6, 6.07) is 10.6. The van der Waals surface area contributed by atoms with E-state index in [1.54, 1.807) is 6.07 Å². The van der Waals surface area contributed by atoms with Crippen molar-refractivity contribution in [2.75, 3.05) is 12.3 Å². The van der Waals surface area contributed by atoms with E-state index in [-0.39, 0.29) is 5.75 Å². The predicted molar refractivity (Wildman–Crippen MR) is 83.0 cm³/mol. The summed E-state index contributed by atoms with van der Waals surface area (Å²) in [5.74, 6) is 0.541. The molecule has 5 heteroatoms. The smallest absolute Gasteiger partial charge is 0.167 e. The van der Waals surface area contributed by atoms with Crippen molar-refractivity contribution >= 4 is 29.1 Å². The number of halogens is 2. The lowest BCUT2D eigenvalue weighted by Crippen LogP contribution is -1.98. The quantitative estimate of drug-likeness (QED) is 0.639. The highest BCUT2D eigenvalue weighted by molar-refractivity contribution is 7.98. The topological polar surface area (TPSA) is 35.2 Å². The number of hydrogen-bond acceptors (Lipinski definition) is 3. The van der Waals surface area contributed by atoms with Crippen molar-refractivity contribution in [1.29, 1.82) is 0 Å². The second-order valence-electron chi connectivity index (χ2n) is 4.17. The fourth-order valence-electron chi connectivity index (χ4n) is 1.68. The molecule has 0 fully saturated rings. The first kappa shape index (κ1) is 15.0. The number of nitrogens with two attached hydrogens (primary N) is 1. The van der Waals surface area contributed by atoms with E-state index < -0.39 is 5.82 Å². The van der Waals surface area contributed by atoms with E-state index in [0.717, 1.165) is 16.2 Å². The van der Waals surface area contributed by atoms with Crippen LogP contribution in [0.5, 0.6) is 5.75 Å². The SMILES string of the molecule is CCOc1cc(SCc2ccc(Cl)cc2)c(N)cc1F. The number of rotatable bonds is 5. The van der Waals surface area contributed by atoms with Gasteiger partial charge in [0, 0.05) is 27.4 Å². The molecule has 0 bridgehead atoms. The first-order chi connectivity index (χ1) is 9.60. The van der Waals surface area contributed by atoms with E-state index in [0.29, 0.717) is 17.3 Å². The molecule has 106 valence electrons. The number of ether oxygens (including phenoxy) is 1. The van der Waals surface area contributed by atoms with Gasteiger partial charge in [0.15, 0.2) is 11.6 Å². The van der Waals surface area contributed by atoms with Gasteiger partial charge < -0.3 is 10.5 Å². The number of thioether (sulfide) groups is 1. The minimum Gasteiger partial charge on any atom is -0.491 e. The number of nitrogen functional groups attached to an aromatic ring is 1. The molecular weight excluding hydrogens is 297 g/mol. The highest BCUT2D eigenvalue weighted by Gasteiger charge is 2.09. The van der Waals surface area contributed by atoms with Crippen LogP contribution >= 0.6 is 23.4 Å². The van der Waals surface area contributed by atoms with Crippen molar-refractivity contribution in [3.63, 3.8) is 0 Å². The molecule has 0 spiro atoms. The van der Waals surface area contributed by atoms with Crippen LogP contribution in [0.4, 0.5) is 10.1 Å². The molecule has 0 aliphatic heterocycles. The van der Waals surface area contributed by atoms with Crippen molar-refractivity contribution in [2.24, 2.45) is 0 Å². The van der Waals surface area contributed by atoms with Gasteiger partial charge in [-0.05, 0) is 30.7 Å². The summed E-state index contributed by atoms with van der Waals surface area (Å²) in [4.78, 5) is 0.810. The molecule has 0 heterocycles. The van der Waals surface area contributed by atoms with E-state index >= 15 is 0 Å². The highest BCUT2D eigenvalue weighted by Crippen LogP contribution is 2.33. The summed E-state index contributed by atoms with van der Waals surface area (Å²) in [7, 11) is 0. The van der Waals surface area contributed by atoms with Crippen molar-refractivity contribution in [3.8, 4) is 5.75 Å². The van der Waals surface area contributed by atoms with Crippen LogP contribution in [-0.2, 0) is 5.75 Å². The molecule has 2 aromatic rings. The highest BCUT2D eigenvalue weighted by atomic mass is 35.5. The van der Waals surface area contributed by atoms with Gasteiger partial charge in [-0.1, -0.05) is 23.7 Å². The first-order valence-electron chi connectivity index (χ1n) is 6.19. The minimum absolute atomic E-state index is 0.236. The molecule has 0 aliphatic rings. The Morgan fingerprint density at radius 3 is 2.60 bits per heavy atom. The van der Waals surface area contributed by atoms with Crippen LogP contribution < -0.4 is 10.5 Å². The van der Waals surface area contributed by atoms with Crippen molar-refractivity contribution in [2.45, 2.75) is 17.6 Å². The lowest BCUT2D eigenvalue weighted by atomic mass is 10.2. The predicted octanol–water partition coefficient (Wildman–Crippen LogP) is 4.75. The van der Waals surface area contributed by atoms with Gasteiger partial charge in [0.1, 0.15) is 0 Å². The molecule has 0 saturated carbocycles. The van der Waals surface area contributed by atoms with Gasteiger partial charge in [-0.3, -0.25) is 0 Å². The summed E-state index contributed by atoms with van der Waals surface area (Å²) in [5.41, 5.74) is 7.38. The standard InChI is InChI=1S/C15H15ClFNOS/c1-2-19-14-8-15(13(18)7-12(14)17)20-9-10-3-5-11(16)6-4-10/h3-8H,2,9,18H2,1H3. The summed E-state index contributed by atoms with van der Waals surface area (Å²) >= 11 is 7.38. The summed E-state index contributed by atoms with van der Waals surface area (Å²) in [5, 5.41) is 0.707. The van der Waals surface area contributed by atoms with Gasteiger partial charge in [0.05, 0.1) is 6.61 Å². The average Bonchev–Trinajstić information content (AvgIpc) is 2.42. The third-order valence-electron chi connectivity index (χ3n) is 2.67. The molecule has 2 nitrogen and oxygen atoms in total. The van der Waals surface area contributed by atoms with Crippen molar-refractivity contribution < 1.29 is 9.13 Å². The maximum atomic E-state index is 13.6. The molecule has 2 aromatic carbocycles. The van der Waals surface area contributed by atoms with Gasteiger partial charge in [-0.15, -0.1) is 11.8 Å². The average molecular weight is 312 g/mol. The third-order valence-corrected chi connectivity index (χ3v) is 4.07. The Hall–Kier alpha value is -1.39. The molecule has 0 unspecified atom stereocenters. The fraction of sp³-hybridized carbons (Fsp3) is 0.200. The van der Waals surface area contributed by atoms with Gasteiger partial charge in [-0.25, -0.2) is 4.39 Å². The second kappa shape index (κ2) is 6.86. The second-order valence-corrected chi connectivity index (χ2v) is 5.62. The molecular formula is C15H15ClFNOS. The van der Waals surface area contributed by atoms with Crippen LogP contribution in [-0.4, -0.2) is 6.61 Å². The molecule has 0 aliphatic carbocycles. The van der Waals surface area contributed by atoms with Gasteiger partial charge >= 0.3 is 0 Å². The van der Waals surface area contributed by atoms with E-state index in [2.05, 4.69) is 0 Å². The van der Waals surface area contributed by atoms with E-state index in [1.165, 1.54) is 17.8 Å². The maximum absolute atomic E-state index is 13.6. The normalized spacial score (nSPS) is 10.6. The minimum atomic E-state index is -0.430. The Morgan fingerprint density at radius 1 is 1.25 bits per heavy atom. The van der Waals surface area contributed by atoms with Crippen LogP contribution in [0.1, 0.15) is 12.5 Å². The molecule has 2 rings (SSSR count). The van der Waals surface area contributed by atoms with E-state index in [4.69, 9.17) is 22.1 Å². The lowest BCUT2D eigenvalue weighted by molar-refractivity contribution is 0.321. The van der Waals surface area contributed by atoms with Crippen LogP contribution in [0.15, 0.2) is 41.3 Å². The largest absolute Gasteiger partial charge is 0.491 e. The Kier molecular flexibility index (Phi) is 5.15. The Bertz CT molecular complexity index is 589. The van der Waals surface area contributed by atoms with Crippen LogP contribution in [0.25, 0.3) is 0 Å². The Labute approximate surface area is 127 Å². The summed E-state index contributed by atoms with van der Waals surface area (Å²) in [6.45, 7) is 2.23. The van der Waals surface area contributed by atoms with Crippen molar-refractivity contribution in [3.05, 3.63) is 52.8 Å². The molecule has 0 atom stereocenters. The van der Waals surface area contributed by atoms with Crippen molar-refractivity contribution in [1.82, 2.24) is 0 Å². The lowest BCUT2D eigenvalue weighted by Gasteiger charge is -2.10. The molecule has 0 amide bonds. The van der Waals surface area contributed by atoms with Crippen LogP contribution in [0, 0.1) is 5.82 Å². The molecule has 0 saturated heterocycles. The van der Waals surface area contributed by atoms with Gasteiger partial charge in [0.25, 0.3) is 0 Å². The molecule has 0 radical (unpaired) electrons. The Balaban J connectivity index is 2.12. The summed E-state index contributed by atoms with van der Waals surface area (Å²) in [6.07, 6.45) is 0.